The van der Waals surface area contributed by atoms with E-state index in [1.807, 2.05) is 0 Å². The highest BCUT2D eigenvalue weighted by molar-refractivity contribution is 7.92. The number of nitrogens with zero attached hydrogens (tertiary/aromatic N) is 1. The monoisotopic (exact) mass is 331 g/mol. The molecule has 1 heterocycles. The van der Waals surface area contributed by atoms with Crippen LogP contribution in [0.4, 0.5) is 10.1 Å². The van der Waals surface area contributed by atoms with Crippen LogP contribution in [0.1, 0.15) is 5.69 Å². The van der Waals surface area contributed by atoms with Crippen molar-refractivity contribution < 1.29 is 12.8 Å². The molecule has 0 atom stereocenters. The first-order valence-electron chi connectivity index (χ1n) is 6.12. The van der Waals surface area contributed by atoms with Crippen LogP contribution in [0, 0.1) is 5.82 Å². The van der Waals surface area contributed by atoms with E-state index < -0.39 is 15.8 Å². The van der Waals surface area contributed by atoms with Crippen molar-refractivity contribution in [3.05, 3.63) is 47.0 Å². The number of sulfonamides is 1. The highest BCUT2D eigenvalue weighted by Crippen LogP contribution is 2.25. The Morgan fingerprint density at radius 2 is 2.10 bits per heavy atom. The molecular weight excluding hydrogens is 317 g/mol. The van der Waals surface area contributed by atoms with Gasteiger partial charge in [0.05, 0.1) is 10.7 Å². The lowest BCUT2D eigenvalue weighted by molar-refractivity contribution is 0.598. The van der Waals surface area contributed by atoms with Gasteiger partial charge in [0.15, 0.2) is 5.82 Å². The first-order valence-corrected chi connectivity index (χ1v) is 7.98. The Morgan fingerprint density at radius 3 is 2.76 bits per heavy atom. The van der Waals surface area contributed by atoms with E-state index in [9.17, 15) is 12.8 Å². The van der Waals surface area contributed by atoms with Gasteiger partial charge < -0.3 is 9.88 Å². The third-order valence-electron chi connectivity index (χ3n) is 2.95. The van der Waals surface area contributed by atoms with Crippen molar-refractivity contribution in [3.8, 4) is 0 Å². The molecule has 2 aromatic rings. The molecule has 0 saturated carbocycles. The van der Waals surface area contributed by atoms with Gasteiger partial charge in [-0.15, -0.1) is 0 Å². The predicted molar refractivity (Wildman–Crippen MR) is 80.4 cm³/mol. The summed E-state index contributed by atoms with van der Waals surface area (Å²) in [4.78, 5) is 0.0645. The molecule has 114 valence electrons. The molecule has 0 bridgehead atoms. The largest absolute Gasteiger partial charge is 0.352 e. The number of halogens is 2. The van der Waals surface area contributed by atoms with Gasteiger partial charge in [-0.2, -0.15) is 0 Å². The Bertz CT molecular complexity index is 759. The van der Waals surface area contributed by atoms with E-state index in [1.165, 1.54) is 30.5 Å². The third-order valence-corrected chi connectivity index (χ3v) is 4.57. The van der Waals surface area contributed by atoms with Gasteiger partial charge in [0.25, 0.3) is 10.0 Å². The fourth-order valence-electron chi connectivity index (χ4n) is 1.87. The number of hydrogen-bond donors (Lipinski definition) is 2. The van der Waals surface area contributed by atoms with E-state index in [1.54, 1.807) is 18.7 Å². The molecule has 5 nitrogen and oxygen atoms in total. The lowest BCUT2D eigenvalue weighted by Gasteiger charge is -2.08. The maximum atomic E-state index is 13.8. The van der Waals surface area contributed by atoms with Gasteiger partial charge in [-0.1, -0.05) is 17.7 Å². The van der Waals surface area contributed by atoms with E-state index in [0.717, 1.165) is 5.69 Å². The fourth-order valence-corrected chi connectivity index (χ4v) is 3.19. The molecule has 1 aromatic carbocycles. The molecule has 0 spiro atoms. The number of rotatable bonds is 5. The summed E-state index contributed by atoms with van der Waals surface area (Å²) in [6.07, 6.45) is 1.47. The smallest absolute Gasteiger partial charge is 0.263 e. The molecule has 0 saturated heterocycles. The Morgan fingerprint density at radius 1 is 1.38 bits per heavy atom. The molecule has 8 heteroatoms. The predicted octanol–water partition coefficient (Wildman–Crippen LogP) is 2.34. The SMILES string of the molecule is CNCc1cc(S(=O)(=O)Nc2cccc(Cl)c2F)cn1C. The van der Waals surface area contributed by atoms with Crippen molar-refractivity contribution in [1.82, 2.24) is 9.88 Å². The topological polar surface area (TPSA) is 63.1 Å². The summed E-state index contributed by atoms with van der Waals surface area (Å²) >= 11 is 5.64. The first-order chi connectivity index (χ1) is 9.85. The van der Waals surface area contributed by atoms with Crippen molar-refractivity contribution in [2.45, 2.75) is 11.4 Å². The molecule has 1 aromatic heterocycles. The van der Waals surface area contributed by atoms with Crippen molar-refractivity contribution >= 4 is 27.3 Å². The summed E-state index contributed by atoms with van der Waals surface area (Å²) < 4.78 is 42.2. The van der Waals surface area contributed by atoms with Crippen LogP contribution >= 0.6 is 11.6 Å². The third kappa shape index (κ3) is 3.37. The molecule has 0 radical (unpaired) electrons. The average Bonchev–Trinajstić information content (AvgIpc) is 2.78. The van der Waals surface area contributed by atoms with Crippen molar-refractivity contribution in [2.75, 3.05) is 11.8 Å². The summed E-state index contributed by atoms with van der Waals surface area (Å²) in [6, 6.07) is 5.67. The molecule has 0 aliphatic rings. The van der Waals surface area contributed by atoms with Gasteiger partial charge >= 0.3 is 0 Å². The van der Waals surface area contributed by atoms with E-state index >= 15 is 0 Å². The first kappa shape index (κ1) is 15.8. The molecule has 0 aliphatic heterocycles. The molecule has 0 unspecified atom stereocenters. The quantitative estimate of drug-likeness (QED) is 0.884. The lowest BCUT2D eigenvalue weighted by Crippen LogP contribution is -2.13. The Labute approximate surface area is 127 Å². The van der Waals surface area contributed by atoms with Crippen molar-refractivity contribution in [3.63, 3.8) is 0 Å². The summed E-state index contributed by atoms with van der Waals surface area (Å²) in [7, 11) is -0.363. The summed E-state index contributed by atoms with van der Waals surface area (Å²) in [5, 5.41) is 2.80. The second-order valence-electron chi connectivity index (χ2n) is 4.52. The number of aryl methyl sites for hydroxylation is 1. The lowest BCUT2D eigenvalue weighted by atomic mass is 10.3. The van der Waals surface area contributed by atoms with Gasteiger partial charge in [0, 0.05) is 25.5 Å². The molecule has 0 fully saturated rings. The van der Waals surface area contributed by atoms with Crippen LogP contribution in [0.15, 0.2) is 35.4 Å². The summed E-state index contributed by atoms with van der Waals surface area (Å²) in [5.41, 5.74) is 0.617. The second-order valence-corrected chi connectivity index (χ2v) is 6.60. The molecule has 0 aliphatic carbocycles. The van der Waals surface area contributed by atoms with Gasteiger partial charge in [-0.25, -0.2) is 12.8 Å². The maximum absolute atomic E-state index is 13.8. The molecule has 0 amide bonds. The summed E-state index contributed by atoms with van der Waals surface area (Å²) in [6.45, 7) is 0.525. The van der Waals surface area contributed by atoms with Gasteiger partial charge in [0.1, 0.15) is 4.90 Å². The van der Waals surface area contributed by atoms with Gasteiger partial charge in [-0.3, -0.25) is 4.72 Å². The zero-order chi connectivity index (χ0) is 15.6. The van der Waals surface area contributed by atoms with Gasteiger partial charge in [0.2, 0.25) is 0 Å². The minimum Gasteiger partial charge on any atom is -0.352 e. The number of hydrogen-bond acceptors (Lipinski definition) is 3. The Hall–Kier alpha value is -1.57. The van der Waals surface area contributed by atoms with E-state index in [4.69, 9.17) is 11.6 Å². The number of nitrogens with one attached hydrogen (secondary N) is 2. The Kier molecular flexibility index (Phi) is 4.55. The molecule has 2 rings (SSSR count). The second kappa shape index (κ2) is 6.05. The van der Waals surface area contributed by atoms with E-state index in [2.05, 4.69) is 10.0 Å². The molecular formula is C13H15ClFN3O2S. The molecule has 21 heavy (non-hydrogen) atoms. The minimum absolute atomic E-state index is 0.0645. The van der Waals surface area contributed by atoms with Crippen LogP contribution in [-0.4, -0.2) is 20.0 Å². The van der Waals surface area contributed by atoms with Crippen LogP contribution in [0.25, 0.3) is 0 Å². The maximum Gasteiger partial charge on any atom is 0.263 e. The number of benzene rings is 1. The van der Waals surface area contributed by atoms with Crippen LogP contribution in [0.3, 0.4) is 0 Å². The minimum atomic E-state index is -3.87. The zero-order valence-electron chi connectivity index (χ0n) is 11.5. The molecule has 2 N–H and O–H groups in total. The number of aromatic nitrogens is 1. The van der Waals surface area contributed by atoms with E-state index in [-0.39, 0.29) is 15.6 Å². The van der Waals surface area contributed by atoms with Gasteiger partial charge in [-0.05, 0) is 25.2 Å². The van der Waals surface area contributed by atoms with Crippen LogP contribution in [-0.2, 0) is 23.6 Å². The normalized spacial score (nSPS) is 11.6. The van der Waals surface area contributed by atoms with Crippen LogP contribution in [0.5, 0.6) is 0 Å². The van der Waals surface area contributed by atoms with Crippen molar-refractivity contribution in [2.24, 2.45) is 7.05 Å². The highest BCUT2D eigenvalue weighted by atomic mass is 35.5. The number of anilines is 1. The van der Waals surface area contributed by atoms with Crippen molar-refractivity contribution in [1.29, 1.82) is 0 Å². The standard InChI is InChI=1S/C13H15ClFN3O2S/c1-16-7-9-6-10(8-18(9)2)21(19,20)17-12-5-3-4-11(14)13(12)15/h3-6,8,16-17H,7H2,1-2H3. The van der Waals surface area contributed by atoms with Crippen LogP contribution < -0.4 is 10.0 Å². The fraction of sp³-hybridized carbons (Fsp3) is 0.231. The summed E-state index contributed by atoms with van der Waals surface area (Å²) in [5.74, 6) is -0.797. The van der Waals surface area contributed by atoms with E-state index in [0.29, 0.717) is 6.54 Å². The highest BCUT2D eigenvalue weighted by Gasteiger charge is 2.19. The Balaban J connectivity index is 2.34. The van der Waals surface area contributed by atoms with Crippen LogP contribution in [0.2, 0.25) is 5.02 Å². The zero-order valence-corrected chi connectivity index (χ0v) is 13.1. The average molecular weight is 332 g/mol.